The third-order valence-corrected chi connectivity index (χ3v) is 1.59. The quantitative estimate of drug-likeness (QED) is 0.741. The summed E-state index contributed by atoms with van der Waals surface area (Å²) in [6.45, 7) is 6.12. The number of hydrogen-bond donors (Lipinski definition) is 2. The van der Waals surface area contributed by atoms with Crippen LogP contribution in [-0.2, 0) is 14.3 Å². The molecule has 6 nitrogen and oxygen atoms in total. The minimum Gasteiger partial charge on any atom is -0.481 e. The summed E-state index contributed by atoms with van der Waals surface area (Å²) in [7, 11) is 3.15. The number of ether oxygens (including phenoxy) is 2. The number of nitrogens with one attached hydrogen (secondary N) is 1. The molecule has 0 unspecified atom stereocenters. The highest BCUT2D eigenvalue weighted by Gasteiger charge is 2.13. The number of carboxylic acids is 1. The Kier molecular flexibility index (Phi) is 11.5. The molecule has 0 aromatic rings. The van der Waals surface area contributed by atoms with Gasteiger partial charge in [0.15, 0.2) is 0 Å². The Bertz CT molecular complexity index is 235. The lowest BCUT2D eigenvalue weighted by Crippen LogP contribution is -2.30. The van der Waals surface area contributed by atoms with Crippen LogP contribution in [0.25, 0.3) is 0 Å². The van der Waals surface area contributed by atoms with Gasteiger partial charge in [0.05, 0.1) is 0 Å². The topological polar surface area (TPSA) is 84.9 Å². The van der Waals surface area contributed by atoms with Gasteiger partial charge in [0.25, 0.3) is 0 Å². The second-order valence-electron chi connectivity index (χ2n) is 4.60. The Labute approximate surface area is 109 Å². The zero-order chi connectivity index (χ0) is 14.6. The maximum atomic E-state index is 10.5. The number of carbonyl (C=O) groups excluding carboxylic acids is 1. The van der Waals surface area contributed by atoms with Gasteiger partial charge >= 0.3 is 12.1 Å². The van der Waals surface area contributed by atoms with Crippen LogP contribution >= 0.6 is 0 Å². The first-order chi connectivity index (χ1) is 8.22. The van der Waals surface area contributed by atoms with Crippen molar-refractivity contribution in [1.29, 1.82) is 0 Å². The van der Waals surface area contributed by atoms with E-state index in [-0.39, 0.29) is 18.1 Å². The Morgan fingerprint density at radius 3 is 2.06 bits per heavy atom. The van der Waals surface area contributed by atoms with E-state index in [0.717, 1.165) is 6.42 Å². The van der Waals surface area contributed by atoms with E-state index in [9.17, 15) is 9.59 Å². The molecule has 1 amide bonds. The molecule has 0 saturated carbocycles. The van der Waals surface area contributed by atoms with Gasteiger partial charge in [0, 0.05) is 27.2 Å². The van der Waals surface area contributed by atoms with Gasteiger partial charge in [-0.05, 0) is 33.6 Å². The van der Waals surface area contributed by atoms with Gasteiger partial charge in [-0.3, -0.25) is 4.79 Å². The maximum Gasteiger partial charge on any atom is 0.407 e. The summed E-state index contributed by atoms with van der Waals surface area (Å²) in [4.78, 5) is 20.4. The van der Waals surface area contributed by atoms with Crippen LogP contribution in [0.4, 0.5) is 4.79 Å². The number of unbranched alkanes of at least 4 members (excludes halogenated alkanes) is 1. The molecule has 0 fully saturated rings. The van der Waals surface area contributed by atoms with Gasteiger partial charge in [-0.15, -0.1) is 0 Å². The lowest BCUT2D eigenvalue weighted by atomic mass is 10.2. The second kappa shape index (κ2) is 10.8. The molecule has 0 rings (SSSR count). The first-order valence-electron chi connectivity index (χ1n) is 5.84. The second-order valence-corrected chi connectivity index (χ2v) is 4.60. The fourth-order valence-corrected chi connectivity index (χ4v) is 0.852. The van der Waals surface area contributed by atoms with Crippen LogP contribution in [0.1, 0.15) is 40.0 Å². The lowest BCUT2D eigenvalue weighted by molar-refractivity contribution is -0.137. The van der Waals surface area contributed by atoms with Crippen molar-refractivity contribution in [3.05, 3.63) is 0 Å². The van der Waals surface area contributed by atoms with Gasteiger partial charge in [0.1, 0.15) is 5.60 Å². The fraction of sp³-hybridized carbons (Fsp3) is 0.833. The third-order valence-electron chi connectivity index (χ3n) is 1.59. The molecule has 0 aliphatic carbocycles. The van der Waals surface area contributed by atoms with Crippen molar-refractivity contribution in [2.24, 2.45) is 0 Å². The zero-order valence-electron chi connectivity index (χ0n) is 11.9. The maximum absolute atomic E-state index is 10.5. The van der Waals surface area contributed by atoms with Gasteiger partial charge < -0.3 is 19.9 Å². The van der Waals surface area contributed by atoms with Crippen molar-refractivity contribution in [3.8, 4) is 0 Å². The van der Waals surface area contributed by atoms with E-state index in [0.29, 0.717) is 13.0 Å². The number of carbonyl (C=O) groups is 2. The van der Waals surface area contributed by atoms with E-state index in [1.54, 1.807) is 7.11 Å². The van der Waals surface area contributed by atoms with Gasteiger partial charge in [-0.2, -0.15) is 0 Å². The van der Waals surface area contributed by atoms with Crippen molar-refractivity contribution in [2.75, 3.05) is 20.8 Å². The van der Waals surface area contributed by atoms with Crippen molar-refractivity contribution in [2.45, 2.75) is 45.6 Å². The largest absolute Gasteiger partial charge is 0.481 e. The molecule has 0 bridgehead atoms. The van der Waals surface area contributed by atoms with E-state index in [1.165, 1.54) is 7.05 Å². The SMILES string of the molecule is CNC(=O)OC(C)(C)C.COCCCCC(=O)O. The lowest BCUT2D eigenvalue weighted by Gasteiger charge is -2.18. The predicted octanol–water partition coefficient (Wildman–Crippen LogP) is 2.03. The van der Waals surface area contributed by atoms with Crippen molar-refractivity contribution >= 4 is 12.1 Å². The molecule has 6 heteroatoms. The number of methoxy groups -OCH3 is 1. The van der Waals surface area contributed by atoms with E-state index in [2.05, 4.69) is 5.32 Å². The van der Waals surface area contributed by atoms with E-state index < -0.39 is 5.97 Å². The average molecular weight is 263 g/mol. The Morgan fingerprint density at radius 1 is 1.22 bits per heavy atom. The molecule has 108 valence electrons. The molecule has 2 N–H and O–H groups in total. The summed E-state index contributed by atoms with van der Waals surface area (Å²) in [6, 6.07) is 0. The minimum absolute atomic E-state index is 0.253. The normalized spacial score (nSPS) is 10.1. The van der Waals surface area contributed by atoms with Crippen molar-refractivity contribution < 1.29 is 24.2 Å². The van der Waals surface area contributed by atoms with Crippen LogP contribution in [-0.4, -0.2) is 43.5 Å². The van der Waals surface area contributed by atoms with E-state index in [1.807, 2.05) is 20.8 Å². The van der Waals surface area contributed by atoms with Crippen LogP contribution in [0.3, 0.4) is 0 Å². The molecule has 0 aromatic carbocycles. The molecule has 0 aliphatic heterocycles. The molecule has 0 atom stereocenters. The minimum atomic E-state index is -0.730. The molecule has 0 saturated heterocycles. The van der Waals surface area contributed by atoms with Crippen LogP contribution in [0.15, 0.2) is 0 Å². The van der Waals surface area contributed by atoms with Crippen molar-refractivity contribution in [3.63, 3.8) is 0 Å². The molecule has 18 heavy (non-hydrogen) atoms. The Morgan fingerprint density at radius 2 is 1.78 bits per heavy atom. The van der Waals surface area contributed by atoms with Crippen LogP contribution in [0.5, 0.6) is 0 Å². The summed E-state index contributed by atoms with van der Waals surface area (Å²) in [6.07, 6.45) is 1.41. The van der Waals surface area contributed by atoms with E-state index in [4.69, 9.17) is 14.6 Å². The molecule has 0 aromatic heterocycles. The summed E-state index contributed by atoms with van der Waals surface area (Å²) < 4.78 is 9.57. The summed E-state index contributed by atoms with van der Waals surface area (Å²) in [5, 5.41) is 10.5. The highest BCUT2D eigenvalue weighted by Crippen LogP contribution is 2.05. The molecule has 0 radical (unpaired) electrons. The van der Waals surface area contributed by atoms with Crippen LogP contribution < -0.4 is 5.32 Å². The van der Waals surface area contributed by atoms with Gasteiger partial charge in [-0.1, -0.05) is 0 Å². The monoisotopic (exact) mass is 263 g/mol. The number of carboxylic acid groups (broad SMARTS) is 1. The number of aliphatic carboxylic acids is 1. The smallest absolute Gasteiger partial charge is 0.407 e. The summed E-state index contributed by atoms with van der Waals surface area (Å²) in [5.74, 6) is -0.730. The van der Waals surface area contributed by atoms with Crippen LogP contribution in [0.2, 0.25) is 0 Å². The van der Waals surface area contributed by atoms with Gasteiger partial charge in [0.2, 0.25) is 0 Å². The molecular formula is C12H25NO5. The standard InChI is InChI=1S/C6H13NO2.C6H12O3/c1-6(2,3)9-5(8)7-4;1-9-5-3-2-4-6(7)8/h1-4H3,(H,7,8);2-5H2,1H3,(H,7,8). The predicted molar refractivity (Wildman–Crippen MR) is 68.7 cm³/mol. The number of alkyl carbamates (subject to hydrolysis) is 1. The average Bonchev–Trinajstić information content (AvgIpc) is 2.22. The third kappa shape index (κ3) is 20.2. The Balaban J connectivity index is 0. The summed E-state index contributed by atoms with van der Waals surface area (Å²) >= 11 is 0. The Hall–Kier alpha value is -1.30. The highest BCUT2D eigenvalue weighted by atomic mass is 16.6. The fourth-order valence-electron chi connectivity index (χ4n) is 0.852. The first kappa shape index (κ1) is 19.0. The number of rotatable bonds is 5. The molecular weight excluding hydrogens is 238 g/mol. The first-order valence-corrected chi connectivity index (χ1v) is 5.84. The van der Waals surface area contributed by atoms with Gasteiger partial charge in [-0.25, -0.2) is 4.79 Å². The number of hydrogen-bond acceptors (Lipinski definition) is 4. The number of amides is 1. The van der Waals surface area contributed by atoms with E-state index >= 15 is 0 Å². The molecule has 0 spiro atoms. The molecule has 0 aliphatic rings. The molecule has 0 heterocycles. The highest BCUT2D eigenvalue weighted by molar-refractivity contribution is 5.67. The summed E-state index contributed by atoms with van der Waals surface area (Å²) in [5.41, 5.74) is -0.389. The van der Waals surface area contributed by atoms with Crippen LogP contribution in [0, 0.1) is 0 Å². The zero-order valence-corrected chi connectivity index (χ0v) is 11.9. The van der Waals surface area contributed by atoms with Crippen molar-refractivity contribution in [1.82, 2.24) is 5.32 Å².